The van der Waals surface area contributed by atoms with E-state index in [0.29, 0.717) is 25.9 Å². The largest absolute Gasteiger partial charge is 0.396 e. The molecule has 0 atom stereocenters. The molecule has 8 nitrogen and oxygen atoms in total. The van der Waals surface area contributed by atoms with Gasteiger partial charge in [-0.2, -0.15) is 0 Å². The molecule has 0 bridgehead atoms. The smallest absolute Gasteiger partial charge is 0.225 e. The number of rotatable bonds is 6. The van der Waals surface area contributed by atoms with Gasteiger partial charge >= 0.3 is 0 Å². The summed E-state index contributed by atoms with van der Waals surface area (Å²) in [7, 11) is 0. The summed E-state index contributed by atoms with van der Waals surface area (Å²) >= 11 is 0. The van der Waals surface area contributed by atoms with Crippen molar-refractivity contribution in [1.82, 2.24) is 29.9 Å². The van der Waals surface area contributed by atoms with Crippen LogP contribution in [0.4, 0.5) is 0 Å². The van der Waals surface area contributed by atoms with Crippen LogP contribution >= 0.6 is 0 Å². The minimum atomic E-state index is -0.482. The number of aliphatic hydroxyl groups excluding tert-OH is 1. The first-order valence-electron chi connectivity index (χ1n) is 9.90. The molecule has 29 heavy (non-hydrogen) atoms. The number of carbonyl (C=O) groups is 1. The van der Waals surface area contributed by atoms with E-state index in [1.54, 1.807) is 10.9 Å². The lowest BCUT2D eigenvalue weighted by atomic mass is 9.97. The molecule has 3 aromatic rings. The van der Waals surface area contributed by atoms with E-state index in [2.05, 4.69) is 32.4 Å². The Labute approximate surface area is 169 Å². The molecule has 0 radical (unpaired) electrons. The summed E-state index contributed by atoms with van der Waals surface area (Å²) < 4.78 is 1.72. The number of fused-ring (bicyclic) bond motifs is 1. The molecule has 8 heteroatoms. The third-order valence-corrected chi connectivity index (χ3v) is 5.47. The van der Waals surface area contributed by atoms with Crippen LogP contribution in [-0.4, -0.2) is 60.6 Å². The lowest BCUT2D eigenvalue weighted by molar-refractivity contribution is -0.132. The predicted molar refractivity (Wildman–Crippen MR) is 110 cm³/mol. The molecule has 3 aromatic heterocycles. The monoisotopic (exact) mass is 394 g/mol. The first-order chi connectivity index (χ1) is 14.0. The summed E-state index contributed by atoms with van der Waals surface area (Å²) in [5.74, 6) is 0.102. The normalized spacial score (nSPS) is 15.0. The Morgan fingerprint density at radius 1 is 1.38 bits per heavy atom. The molecule has 0 spiro atoms. The molecule has 0 saturated heterocycles. The van der Waals surface area contributed by atoms with E-state index in [4.69, 9.17) is 5.11 Å². The van der Waals surface area contributed by atoms with E-state index in [1.165, 1.54) is 11.1 Å². The molecule has 0 saturated carbocycles. The van der Waals surface area contributed by atoms with Crippen molar-refractivity contribution in [3.05, 3.63) is 48.1 Å². The van der Waals surface area contributed by atoms with Gasteiger partial charge in [-0.25, -0.2) is 9.67 Å². The topological polar surface area (TPSA) is 99.9 Å². The van der Waals surface area contributed by atoms with E-state index in [-0.39, 0.29) is 12.5 Å². The Hall–Kier alpha value is -3.00. The second-order valence-corrected chi connectivity index (χ2v) is 8.04. The highest BCUT2D eigenvalue weighted by molar-refractivity contribution is 5.91. The maximum Gasteiger partial charge on any atom is 0.225 e. The van der Waals surface area contributed by atoms with Crippen molar-refractivity contribution < 1.29 is 9.90 Å². The zero-order valence-corrected chi connectivity index (χ0v) is 16.8. The maximum atomic E-state index is 12.9. The Bertz CT molecular complexity index is 1050. The minimum absolute atomic E-state index is 0.0347. The van der Waals surface area contributed by atoms with Gasteiger partial charge < -0.3 is 15.0 Å². The molecule has 4 rings (SSSR count). The SMILES string of the molecule is CC(C)(CC(=O)N1CC=C(c2c[nH]c3ncccc23)CC1)n1cc(CCO)nn1. The van der Waals surface area contributed by atoms with Gasteiger partial charge in [-0.1, -0.05) is 11.3 Å². The Balaban J connectivity index is 1.43. The number of amides is 1. The number of aromatic amines is 1. The van der Waals surface area contributed by atoms with Crippen molar-refractivity contribution in [2.75, 3.05) is 19.7 Å². The molecule has 1 amide bonds. The Morgan fingerprint density at radius 3 is 3.00 bits per heavy atom. The lowest BCUT2D eigenvalue weighted by Crippen LogP contribution is -2.40. The highest BCUT2D eigenvalue weighted by Crippen LogP contribution is 2.29. The zero-order chi connectivity index (χ0) is 20.4. The summed E-state index contributed by atoms with van der Waals surface area (Å²) in [6, 6.07) is 4.01. The van der Waals surface area contributed by atoms with Crippen LogP contribution in [0.5, 0.6) is 0 Å². The van der Waals surface area contributed by atoms with Crippen molar-refractivity contribution in [2.45, 2.75) is 38.6 Å². The summed E-state index contributed by atoms with van der Waals surface area (Å²) in [6.07, 6.45) is 9.35. The number of aliphatic hydroxyl groups is 1. The van der Waals surface area contributed by atoms with Gasteiger partial charge in [0.05, 0.1) is 17.7 Å². The Morgan fingerprint density at radius 2 is 2.24 bits per heavy atom. The van der Waals surface area contributed by atoms with Crippen LogP contribution in [0.3, 0.4) is 0 Å². The second-order valence-electron chi connectivity index (χ2n) is 8.04. The third-order valence-electron chi connectivity index (χ3n) is 5.47. The predicted octanol–water partition coefficient (Wildman–Crippen LogP) is 2.13. The van der Waals surface area contributed by atoms with E-state index in [9.17, 15) is 4.79 Å². The quantitative estimate of drug-likeness (QED) is 0.667. The van der Waals surface area contributed by atoms with Gasteiger partial charge in [0.2, 0.25) is 5.91 Å². The first-order valence-corrected chi connectivity index (χ1v) is 9.90. The third kappa shape index (κ3) is 3.93. The van der Waals surface area contributed by atoms with E-state index in [1.807, 2.05) is 37.2 Å². The highest BCUT2D eigenvalue weighted by atomic mass is 16.3. The fourth-order valence-corrected chi connectivity index (χ4v) is 3.75. The molecular formula is C21H26N6O2. The maximum absolute atomic E-state index is 12.9. The highest BCUT2D eigenvalue weighted by Gasteiger charge is 2.29. The average molecular weight is 394 g/mol. The van der Waals surface area contributed by atoms with Gasteiger partial charge in [-0.3, -0.25) is 4.79 Å². The van der Waals surface area contributed by atoms with Crippen molar-refractivity contribution >= 4 is 22.5 Å². The molecule has 4 heterocycles. The second kappa shape index (κ2) is 7.79. The van der Waals surface area contributed by atoms with Crippen LogP contribution in [-0.2, 0) is 16.8 Å². The number of aromatic nitrogens is 5. The number of carbonyl (C=O) groups excluding carboxylic acids is 1. The van der Waals surface area contributed by atoms with Crippen LogP contribution in [0.25, 0.3) is 16.6 Å². The number of nitrogens with zero attached hydrogens (tertiary/aromatic N) is 5. The van der Waals surface area contributed by atoms with Gasteiger partial charge in [0.1, 0.15) is 5.65 Å². The fraction of sp³-hybridized carbons (Fsp3) is 0.429. The van der Waals surface area contributed by atoms with Crippen molar-refractivity contribution in [3.8, 4) is 0 Å². The number of H-pyrrole nitrogens is 1. The molecule has 2 N–H and O–H groups in total. The van der Waals surface area contributed by atoms with E-state index >= 15 is 0 Å². The first kappa shape index (κ1) is 19.3. The summed E-state index contributed by atoms with van der Waals surface area (Å²) in [4.78, 5) is 22.4. The van der Waals surface area contributed by atoms with Crippen LogP contribution in [0.15, 0.2) is 36.8 Å². The zero-order valence-electron chi connectivity index (χ0n) is 16.8. The minimum Gasteiger partial charge on any atom is -0.396 e. The molecule has 0 aliphatic carbocycles. The number of hydrogen-bond acceptors (Lipinski definition) is 5. The fourth-order valence-electron chi connectivity index (χ4n) is 3.75. The van der Waals surface area contributed by atoms with Gasteiger partial charge in [0.25, 0.3) is 0 Å². The molecule has 0 unspecified atom stereocenters. The van der Waals surface area contributed by atoms with Gasteiger partial charge in [0, 0.05) is 55.7 Å². The lowest BCUT2D eigenvalue weighted by Gasteiger charge is -2.31. The molecule has 1 aliphatic rings. The summed E-state index contributed by atoms with van der Waals surface area (Å²) in [5.41, 5.74) is 3.55. The van der Waals surface area contributed by atoms with Crippen LogP contribution < -0.4 is 0 Å². The van der Waals surface area contributed by atoms with Gasteiger partial charge in [-0.15, -0.1) is 5.10 Å². The molecule has 0 aromatic carbocycles. The van der Waals surface area contributed by atoms with Crippen LogP contribution in [0.1, 0.15) is 37.9 Å². The van der Waals surface area contributed by atoms with E-state index < -0.39 is 5.54 Å². The summed E-state index contributed by atoms with van der Waals surface area (Å²) in [5, 5.41) is 18.4. The van der Waals surface area contributed by atoms with E-state index in [0.717, 1.165) is 23.1 Å². The number of pyridine rings is 1. The van der Waals surface area contributed by atoms with Gasteiger partial charge in [-0.05, 0) is 38.0 Å². The molecular weight excluding hydrogens is 368 g/mol. The van der Waals surface area contributed by atoms with Crippen LogP contribution in [0, 0.1) is 0 Å². The number of nitrogens with one attached hydrogen (secondary N) is 1. The summed E-state index contributed by atoms with van der Waals surface area (Å²) in [6.45, 7) is 5.29. The van der Waals surface area contributed by atoms with Gasteiger partial charge in [0.15, 0.2) is 0 Å². The van der Waals surface area contributed by atoms with Crippen molar-refractivity contribution in [1.29, 1.82) is 0 Å². The molecule has 0 fully saturated rings. The van der Waals surface area contributed by atoms with Crippen molar-refractivity contribution in [3.63, 3.8) is 0 Å². The number of hydrogen-bond donors (Lipinski definition) is 2. The Kier molecular flexibility index (Phi) is 5.19. The van der Waals surface area contributed by atoms with Crippen molar-refractivity contribution in [2.24, 2.45) is 0 Å². The molecule has 152 valence electrons. The molecule has 1 aliphatic heterocycles. The van der Waals surface area contributed by atoms with Crippen LogP contribution in [0.2, 0.25) is 0 Å². The standard InChI is InChI=1S/C21H26N6O2/c1-21(2,27-14-16(7-11-28)24-25-27)12-19(29)26-9-5-15(6-10-26)18-13-23-20-17(18)4-3-8-22-20/h3-5,8,13-14,28H,6-7,9-12H2,1-2H3,(H,22,23). The average Bonchev–Trinajstić information content (AvgIpc) is 3.36.